The molecule has 5 rings (SSSR count). The first-order chi connectivity index (χ1) is 21.3. The predicted molar refractivity (Wildman–Crippen MR) is 171 cm³/mol. The number of hydrogen-bond acceptors (Lipinski definition) is 6. The molecule has 0 saturated carbocycles. The Morgan fingerprint density at radius 3 is 2.11 bits per heavy atom. The Morgan fingerprint density at radius 2 is 1.48 bits per heavy atom. The number of anilines is 2. The van der Waals surface area contributed by atoms with Crippen LogP contribution in [0.25, 0.3) is 0 Å². The number of nitrogens with zero attached hydrogens (tertiary/aromatic N) is 2. The van der Waals surface area contributed by atoms with Gasteiger partial charge in [0.15, 0.2) is 11.5 Å². The number of hydrazone groups is 1. The molecule has 0 aliphatic carbocycles. The van der Waals surface area contributed by atoms with Crippen LogP contribution in [0.3, 0.4) is 0 Å². The molecule has 1 aliphatic rings. The van der Waals surface area contributed by atoms with Gasteiger partial charge in [-0.1, -0.05) is 17.7 Å². The molecule has 3 amide bonds. The SMILES string of the molecule is CCOc1cc(C2=NN(C(=O)c3ccc(NC(=O)c4ccc(NC(=O)c5cccc(Cl)c5)cc4)cc3)CCC2)ccc1OC. The van der Waals surface area contributed by atoms with Crippen molar-refractivity contribution in [2.24, 2.45) is 5.10 Å². The van der Waals surface area contributed by atoms with Crippen LogP contribution in [-0.4, -0.2) is 48.7 Å². The summed E-state index contributed by atoms with van der Waals surface area (Å²) in [4.78, 5) is 38.5. The minimum atomic E-state index is -0.326. The van der Waals surface area contributed by atoms with E-state index in [4.69, 9.17) is 21.1 Å². The van der Waals surface area contributed by atoms with Crippen molar-refractivity contribution >= 4 is 46.4 Å². The molecule has 0 bridgehead atoms. The number of benzene rings is 4. The average molecular weight is 611 g/mol. The maximum Gasteiger partial charge on any atom is 0.273 e. The lowest BCUT2D eigenvalue weighted by Crippen LogP contribution is -2.32. The molecule has 0 spiro atoms. The van der Waals surface area contributed by atoms with Crippen molar-refractivity contribution in [1.82, 2.24) is 5.01 Å². The molecule has 0 unspecified atom stereocenters. The zero-order valence-corrected chi connectivity index (χ0v) is 25.1. The number of hydrogen-bond donors (Lipinski definition) is 2. The quantitative estimate of drug-likeness (QED) is 0.214. The summed E-state index contributed by atoms with van der Waals surface area (Å²) in [5.41, 5.74) is 4.05. The molecule has 0 aromatic heterocycles. The molecule has 0 radical (unpaired) electrons. The van der Waals surface area contributed by atoms with Gasteiger partial charge in [-0.15, -0.1) is 0 Å². The molecule has 4 aromatic carbocycles. The van der Waals surface area contributed by atoms with E-state index in [0.29, 0.717) is 57.7 Å². The molecule has 1 heterocycles. The van der Waals surface area contributed by atoms with Gasteiger partial charge in [-0.25, -0.2) is 5.01 Å². The van der Waals surface area contributed by atoms with Gasteiger partial charge >= 0.3 is 0 Å². The molecule has 0 fully saturated rings. The van der Waals surface area contributed by atoms with Crippen molar-refractivity contribution in [1.29, 1.82) is 0 Å². The summed E-state index contributed by atoms with van der Waals surface area (Å²) in [5, 5.41) is 12.2. The molecule has 1 aliphatic heterocycles. The Hall–Kier alpha value is -5.15. The van der Waals surface area contributed by atoms with Gasteiger partial charge in [0.05, 0.1) is 19.4 Å². The topological polar surface area (TPSA) is 109 Å². The van der Waals surface area contributed by atoms with Crippen LogP contribution in [0, 0.1) is 0 Å². The Labute approximate surface area is 260 Å². The summed E-state index contributed by atoms with van der Waals surface area (Å²) in [5.74, 6) is 0.416. The third-order valence-electron chi connectivity index (χ3n) is 6.94. The summed E-state index contributed by atoms with van der Waals surface area (Å²) in [7, 11) is 1.59. The maximum absolute atomic E-state index is 13.3. The Balaban J connectivity index is 1.20. The smallest absolute Gasteiger partial charge is 0.273 e. The van der Waals surface area contributed by atoms with Crippen molar-refractivity contribution in [2.45, 2.75) is 19.8 Å². The van der Waals surface area contributed by atoms with E-state index in [1.165, 1.54) is 5.01 Å². The third-order valence-corrected chi connectivity index (χ3v) is 7.17. The normalized spacial score (nSPS) is 12.6. The van der Waals surface area contributed by atoms with E-state index >= 15 is 0 Å². The van der Waals surface area contributed by atoms with Gasteiger partial charge in [0, 0.05) is 45.2 Å². The fraction of sp³-hybridized carbons (Fsp3) is 0.176. The van der Waals surface area contributed by atoms with Gasteiger partial charge in [0.25, 0.3) is 17.7 Å². The number of halogens is 1. The van der Waals surface area contributed by atoms with Gasteiger partial charge in [-0.05, 0) is 105 Å². The molecule has 0 atom stereocenters. The zero-order chi connectivity index (χ0) is 31.1. The summed E-state index contributed by atoms with van der Waals surface area (Å²) in [6.45, 7) is 2.92. The second kappa shape index (κ2) is 13.9. The highest BCUT2D eigenvalue weighted by Gasteiger charge is 2.22. The third kappa shape index (κ3) is 7.25. The van der Waals surface area contributed by atoms with Crippen molar-refractivity contribution in [2.75, 3.05) is 30.9 Å². The van der Waals surface area contributed by atoms with E-state index in [9.17, 15) is 14.4 Å². The summed E-state index contributed by atoms with van der Waals surface area (Å²) in [6.07, 6.45) is 1.51. The highest BCUT2D eigenvalue weighted by molar-refractivity contribution is 6.31. The van der Waals surface area contributed by atoms with Crippen LogP contribution in [0.5, 0.6) is 11.5 Å². The lowest BCUT2D eigenvalue weighted by Gasteiger charge is -2.24. The Bertz CT molecular complexity index is 1700. The Morgan fingerprint density at radius 1 is 0.818 bits per heavy atom. The van der Waals surface area contributed by atoms with Crippen molar-refractivity contribution in [3.05, 3.63) is 118 Å². The summed E-state index contributed by atoms with van der Waals surface area (Å²) < 4.78 is 11.1. The fourth-order valence-electron chi connectivity index (χ4n) is 4.70. The lowest BCUT2D eigenvalue weighted by atomic mass is 10.0. The number of carbonyl (C=O) groups excluding carboxylic acids is 3. The number of methoxy groups -OCH3 is 1. The van der Waals surface area contributed by atoms with Crippen LogP contribution in [0.2, 0.25) is 5.02 Å². The molecule has 4 aromatic rings. The minimum absolute atomic E-state index is 0.228. The van der Waals surface area contributed by atoms with E-state index in [-0.39, 0.29) is 17.7 Å². The molecule has 2 N–H and O–H groups in total. The highest BCUT2D eigenvalue weighted by atomic mass is 35.5. The molecule has 44 heavy (non-hydrogen) atoms. The predicted octanol–water partition coefficient (Wildman–Crippen LogP) is 6.89. The van der Waals surface area contributed by atoms with Crippen molar-refractivity contribution < 1.29 is 23.9 Å². The van der Waals surface area contributed by atoms with Gasteiger partial charge in [0.2, 0.25) is 0 Å². The monoisotopic (exact) mass is 610 g/mol. The molecular weight excluding hydrogens is 580 g/mol. The lowest BCUT2D eigenvalue weighted by molar-refractivity contribution is 0.0751. The largest absolute Gasteiger partial charge is 0.493 e. The number of ether oxygens (including phenoxy) is 2. The van der Waals surface area contributed by atoms with Gasteiger partial charge in [-0.2, -0.15) is 5.10 Å². The molecular formula is C34H31ClN4O5. The molecule has 9 nitrogen and oxygen atoms in total. The standard InChI is InChI=1S/C34H31ClN4O5/c1-3-44-31-21-24(13-18-30(31)43-2)29-8-5-19-39(38-29)34(42)23-11-16-28(17-12-23)36-32(40)22-9-14-27(15-10-22)37-33(41)25-6-4-7-26(35)20-25/h4,6-7,9-18,20-21H,3,5,8,19H2,1-2H3,(H,36,40)(H,37,41). The van der Waals surface area contributed by atoms with Crippen LogP contribution in [0.1, 0.15) is 56.4 Å². The fourth-order valence-corrected chi connectivity index (χ4v) is 4.89. The van der Waals surface area contributed by atoms with Gasteiger partial charge in [0.1, 0.15) is 0 Å². The van der Waals surface area contributed by atoms with E-state index in [1.807, 2.05) is 25.1 Å². The van der Waals surface area contributed by atoms with Crippen LogP contribution in [0.4, 0.5) is 11.4 Å². The first-order valence-electron chi connectivity index (χ1n) is 14.1. The first-order valence-corrected chi connectivity index (χ1v) is 14.5. The maximum atomic E-state index is 13.3. The molecule has 0 saturated heterocycles. The van der Waals surface area contributed by atoms with Crippen LogP contribution in [-0.2, 0) is 0 Å². The van der Waals surface area contributed by atoms with Crippen molar-refractivity contribution in [3.63, 3.8) is 0 Å². The van der Waals surface area contributed by atoms with E-state index in [0.717, 1.165) is 24.1 Å². The van der Waals surface area contributed by atoms with Gasteiger partial charge in [-0.3, -0.25) is 14.4 Å². The van der Waals surface area contributed by atoms with Gasteiger partial charge < -0.3 is 20.1 Å². The number of amides is 3. The van der Waals surface area contributed by atoms with Crippen LogP contribution in [0.15, 0.2) is 96.1 Å². The second-order valence-electron chi connectivity index (χ2n) is 9.95. The second-order valence-corrected chi connectivity index (χ2v) is 10.4. The number of nitrogens with one attached hydrogen (secondary N) is 2. The number of carbonyl (C=O) groups is 3. The minimum Gasteiger partial charge on any atom is -0.493 e. The van der Waals surface area contributed by atoms with E-state index < -0.39 is 0 Å². The number of rotatable bonds is 9. The average Bonchev–Trinajstić information content (AvgIpc) is 3.05. The first kappa shape index (κ1) is 30.3. The zero-order valence-electron chi connectivity index (χ0n) is 24.3. The van der Waals surface area contributed by atoms with Crippen molar-refractivity contribution in [3.8, 4) is 11.5 Å². The van der Waals surface area contributed by atoms with Crippen LogP contribution >= 0.6 is 11.6 Å². The summed E-state index contributed by atoms with van der Waals surface area (Å²) in [6, 6.07) is 25.5. The highest BCUT2D eigenvalue weighted by Crippen LogP contribution is 2.30. The van der Waals surface area contributed by atoms with E-state index in [1.54, 1.807) is 79.9 Å². The van der Waals surface area contributed by atoms with Crippen LogP contribution < -0.4 is 20.1 Å². The molecule has 10 heteroatoms. The summed E-state index contributed by atoms with van der Waals surface area (Å²) >= 11 is 5.97. The Kier molecular flexibility index (Phi) is 9.56. The molecule has 224 valence electrons. The van der Waals surface area contributed by atoms with E-state index in [2.05, 4.69) is 15.7 Å².